The Bertz CT molecular complexity index is 706. The van der Waals surface area contributed by atoms with Crippen molar-refractivity contribution in [2.24, 2.45) is 5.92 Å². The molecule has 0 spiro atoms. The van der Waals surface area contributed by atoms with Gasteiger partial charge in [-0.3, -0.25) is 9.78 Å². The number of anilines is 1. The third-order valence-electron chi connectivity index (χ3n) is 5.01. The number of amides is 1. The van der Waals surface area contributed by atoms with Gasteiger partial charge in [0, 0.05) is 38.2 Å². The van der Waals surface area contributed by atoms with Gasteiger partial charge in [-0.05, 0) is 48.8 Å². The normalized spacial score (nSPS) is 15.1. The zero-order valence-corrected chi connectivity index (χ0v) is 15.6. The molecule has 138 valence electrons. The number of nitrogens with zero attached hydrogens (tertiary/aromatic N) is 4. The summed E-state index contributed by atoms with van der Waals surface area (Å²) in [6.45, 7) is 6.72. The summed E-state index contributed by atoms with van der Waals surface area (Å²) in [7, 11) is 0. The van der Waals surface area contributed by atoms with Crippen molar-refractivity contribution >= 4 is 11.9 Å². The Morgan fingerprint density at radius 2 is 1.69 bits per heavy atom. The number of piperidine rings is 1. The summed E-state index contributed by atoms with van der Waals surface area (Å²) in [4.78, 5) is 27.6. The minimum atomic E-state index is -0.0893. The molecule has 2 aromatic rings. The number of aromatic nitrogens is 3. The van der Waals surface area contributed by atoms with Gasteiger partial charge in [0.25, 0.3) is 5.91 Å². The Labute approximate surface area is 155 Å². The first-order valence-electron chi connectivity index (χ1n) is 9.48. The summed E-state index contributed by atoms with van der Waals surface area (Å²) < 4.78 is 0. The third-order valence-corrected chi connectivity index (χ3v) is 5.01. The summed E-state index contributed by atoms with van der Waals surface area (Å²) in [6.07, 6.45) is 9.54. The fraction of sp³-hybridized carbons (Fsp3) is 0.500. The molecular weight excluding hydrogens is 326 g/mol. The van der Waals surface area contributed by atoms with Gasteiger partial charge >= 0.3 is 0 Å². The molecule has 0 aliphatic carbocycles. The highest BCUT2D eigenvalue weighted by molar-refractivity contribution is 5.92. The molecule has 1 aliphatic rings. The number of carbonyl (C=O) groups is 1. The molecule has 1 aliphatic heterocycles. The standard InChI is InChI=1S/C20H27N5O/c1-3-15-5-6-18(21-11-15)19(26)22-14-17-7-9-25(10-8-17)20-23-12-16(4-2)13-24-20/h5-6,11-13,17H,3-4,7-10,14H2,1-2H3,(H,22,26). The van der Waals surface area contributed by atoms with Gasteiger partial charge < -0.3 is 10.2 Å². The van der Waals surface area contributed by atoms with Crippen molar-refractivity contribution in [3.05, 3.63) is 47.5 Å². The molecular formula is C20H27N5O. The molecule has 0 bridgehead atoms. The van der Waals surface area contributed by atoms with Gasteiger partial charge in [0.15, 0.2) is 0 Å². The quantitative estimate of drug-likeness (QED) is 0.864. The lowest BCUT2D eigenvalue weighted by Gasteiger charge is -2.32. The third kappa shape index (κ3) is 4.56. The summed E-state index contributed by atoms with van der Waals surface area (Å²) >= 11 is 0. The molecule has 0 unspecified atom stereocenters. The van der Waals surface area contributed by atoms with Gasteiger partial charge in [-0.15, -0.1) is 0 Å². The number of carbonyl (C=O) groups excluding carboxylic acids is 1. The van der Waals surface area contributed by atoms with Crippen molar-refractivity contribution < 1.29 is 4.79 Å². The van der Waals surface area contributed by atoms with Crippen LogP contribution in [0.4, 0.5) is 5.95 Å². The van der Waals surface area contributed by atoms with Crippen molar-refractivity contribution in [1.82, 2.24) is 20.3 Å². The Morgan fingerprint density at radius 1 is 1.04 bits per heavy atom. The molecule has 6 nitrogen and oxygen atoms in total. The minimum absolute atomic E-state index is 0.0893. The van der Waals surface area contributed by atoms with E-state index in [0.717, 1.165) is 55.8 Å². The van der Waals surface area contributed by atoms with Gasteiger partial charge in [0.1, 0.15) is 5.69 Å². The number of rotatable bonds is 6. The smallest absolute Gasteiger partial charge is 0.269 e. The number of hydrogen-bond donors (Lipinski definition) is 1. The predicted octanol–water partition coefficient (Wildman–Crippen LogP) is 2.64. The fourth-order valence-corrected chi connectivity index (χ4v) is 3.13. The van der Waals surface area contributed by atoms with Crippen LogP contribution in [0.5, 0.6) is 0 Å². The van der Waals surface area contributed by atoms with Crippen molar-refractivity contribution in [3.8, 4) is 0 Å². The Kier molecular flexibility index (Phi) is 6.15. The molecule has 0 atom stereocenters. The van der Waals surface area contributed by atoms with Crippen molar-refractivity contribution in [2.75, 3.05) is 24.5 Å². The minimum Gasteiger partial charge on any atom is -0.350 e. The molecule has 1 amide bonds. The lowest BCUT2D eigenvalue weighted by atomic mass is 9.97. The highest BCUT2D eigenvalue weighted by atomic mass is 16.1. The van der Waals surface area contributed by atoms with E-state index >= 15 is 0 Å². The average Bonchev–Trinajstić information content (AvgIpc) is 2.72. The van der Waals surface area contributed by atoms with Crippen LogP contribution >= 0.6 is 0 Å². The maximum absolute atomic E-state index is 12.2. The number of aryl methyl sites for hydroxylation is 2. The van der Waals surface area contributed by atoms with Gasteiger partial charge in [0.2, 0.25) is 5.95 Å². The molecule has 1 saturated heterocycles. The zero-order chi connectivity index (χ0) is 18.4. The second-order valence-electron chi connectivity index (χ2n) is 6.79. The SMILES string of the molecule is CCc1ccc(C(=O)NCC2CCN(c3ncc(CC)cn3)CC2)nc1. The van der Waals surface area contributed by atoms with E-state index in [0.29, 0.717) is 18.2 Å². The molecule has 0 aromatic carbocycles. The van der Waals surface area contributed by atoms with E-state index in [2.05, 4.69) is 39.0 Å². The van der Waals surface area contributed by atoms with Gasteiger partial charge in [-0.25, -0.2) is 9.97 Å². The Morgan fingerprint density at radius 3 is 2.27 bits per heavy atom. The summed E-state index contributed by atoms with van der Waals surface area (Å²) in [6, 6.07) is 3.76. The van der Waals surface area contributed by atoms with Gasteiger partial charge in [0.05, 0.1) is 0 Å². The summed E-state index contributed by atoms with van der Waals surface area (Å²) in [5.41, 5.74) is 2.79. The molecule has 0 saturated carbocycles. The van der Waals surface area contributed by atoms with Crippen LogP contribution in [0.1, 0.15) is 48.3 Å². The molecule has 6 heteroatoms. The first-order valence-corrected chi connectivity index (χ1v) is 9.48. The largest absolute Gasteiger partial charge is 0.350 e. The number of hydrogen-bond acceptors (Lipinski definition) is 5. The molecule has 1 N–H and O–H groups in total. The summed E-state index contributed by atoms with van der Waals surface area (Å²) in [5.74, 6) is 1.21. The first-order chi connectivity index (χ1) is 12.7. The predicted molar refractivity (Wildman–Crippen MR) is 102 cm³/mol. The lowest BCUT2D eigenvalue weighted by Crippen LogP contribution is -2.39. The second kappa shape index (κ2) is 8.74. The lowest BCUT2D eigenvalue weighted by molar-refractivity contribution is 0.0940. The monoisotopic (exact) mass is 353 g/mol. The van der Waals surface area contributed by atoms with Crippen LogP contribution in [-0.4, -0.2) is 40.5 Å². The van der Waals surface area contributed by atoms with Crippen LogP contribution in [-0.2, 0) is 12.8 Å². The Hall–Kier alpha value is -2.50. The van der Waals surface area contributed by atoms with E-state index < -0.39 is 0 Å². The number of pyridine rings is 1. The van der Waals surface area contributed by atoms with Gasteiger partial charge in [-0.2, -0.15) is 0 Å². The molecule has 3 rings (SSSR count). The van der Waals surface area contributed by atoms with Gasteiger partial charge in [-0.1, -0.05) is 19.9 Å². The maximum atomic E-state index is 12.2. The molecule has 1 fully saturated rings. The van der Waals surface area contributed by atoms with Crippen LogP contribution in [0.3, 0.4) is 0 Å². The highest BCUT2D eigenvalue weighted by Crippen LogP contribution is 2.20. The van der Waals surface area contributed by atoms with Crippen LogP contribution in [0.2, 0.25) is 0 Å². The van der Waals surface area contributed by atoms with Crippen LogP contribution in [0.25, 0.3) is 0 Å². The van der Waals surface area contributed by atoms with E-state index in [1.165, 1.54) is 0 Å². The second-order valence-corrected chi connectivity index (χ2v) is 6.79. The molecule has 2 aromatic heterocycles. The van der Waals surface area contributed by atoms with E-state index in [9.17, 15) is 4.79 Å². The molecule has 0 radical (unpaired) electrons. The highest BCUT2D eigenvalue weighted by Gasteiger charge is 2.21. The van der Waals surface area contributed by atoms with E-state index in [1.807, 2.05) is 18.5 Å². The van der Waals surface area contributed by atoms with E-state index in [4.69, 9.17) is 0 Å². The van der Waals surface area contributed by atoms with Crippen LogP contribution in [0, 0.1) is 5.92 Å². The van der Waals surface area contributed by atoms with Crippen molar-refractivity contribution in [3.63, 3.8) is 0 Å². The van der Waals surface area contributed by atoms with Crippen LogP contribution < -0.4 is 10.2 Å². The maximum Gasteiger partial charge on any atom is 0.269 e. The van der Waals surface area contributed by atoms with E-state index in [1.54, 1.807) is 12.3 Å². The van der Waals surface area contributed by atoms with Crippen molar-refractivity contribution in [1.29, 1.82) is 0 Å². The Balaban J connectivity index is 1.45. The molecule has 3 heterocycles. The zero-order valence-electron chi connectivity index (χ0n) is 15.6. The topological polar surface area (TPSA) is 71.0 Å². The first kappa shape index (κ1) is 18.3. The average molecular weight is 353 g/mol. The van der Waals surface area contributed by atoms with E-state index in [-0.39, 0.29) is 5.91 Å². The number of nitrogens with one attached hydrogen (secondary N) is 1. The fourth-order valence-electron chi connectivity index (χ4n) is 3.13. The van der Waals surface area contributed by atoms with Crippen LogP contribution in [0.15, 0.2) is 30.7 Å². The summed E-state index contributed by atoms with van der Waals surface area (Å²) in [5, 5.41) is 3.02. The van der Waals surface area contributed by atoms with Crippen molar-refractivity contribution in [2.45, 2.75) is 39.5 Å². The molecule has 26 heavy (non-hydrogen) atoms.